The third kappa shape index (κ3) is 4.68. The molecule has 23 heavy (non-hydrogen) atoms. The molecule has 1 amide bonds. The Balaban J connectivity index is 1.30. The van der Waals surface area contributed by atoms with E-state index in [2.05, 4.69) is 9.80 Å². The van der Waals surface area contributed by atoms with Gasteiger partial charge in [-0.2, -0.15) is 0 Å². The zero-order valence-corrected chi connectivity index (χ0v) is 14.5. The van der Waals surface area contributed by atoms with Crippen LogP contribution in [0.25, 0.3) is 0 Å². The molecule has 3 aliphatic rings. The molecule has 0 radical (unpaired) electrons. The Kier molecular flexibility index (Phi) is 6.31. The molecular weight excluding hydrogens is 292 g/mol. The lowest BCUT2D eigenvalue weighted by molar-refractivity contribution is -0.134. The van der Waals surface area contributed by atoms with E-state index in [0.29, 0.717) is 25.0 Å². The van der Waals surface area contributed by atoms with Gasteiger partial charge in [0.05, 0.1) is 19.8 Å². The molecule has 5 heteroatoms. The van der Waals surface area contributed by atoms with E-state index in [0.717, 1.165) is 57.6 Å². The van der Waals surface area contributed by atoms with Crippen LogP contribution in [0.1, 0.15) is 32.1 Å². The van der Waals surface area contributed by atoms with Crippen LogP contribution in [-0.4, -0.2) is 75.4 Å². The number of amides is 1. The average molecular weight is 324 g/mol. The smallest absolute Gasteiger partial charge is 0.222 e. The summed E-state index contributed by atoms with van der Waals surface area (Å²) in [6, 6.07) is 0. The highest BCUT2D eigenvalue weighted by molar-refractivity contribution is 5.76. The summed E-state index contributed by atoms with van der Waals surface area (Å²) in [5, 5.41) is 0. The number of hydrogen-bond acceptors (Lipinski definition) is 4. The molecule has 3 rings (SSSR count). The number of carbonyl (C=O) groups is 1. The average Bonchev–Trinajstić information content (AvgIpc) is 3.18. The van der Waals surface area contributed by atoms with Crippen LogP contribution >= 0.6 is 0 Å². The Labute approximate surface area is 140 Å². The molecule has 132 valence electrons. The van der Waals surface area contributed by atoms with Gasteiger partial charge in [0, 0.05) is 46.3 Å². The number of piperazine rings is 1. The van der Waals surface area contributed by atoms with Gasteiger partial charge in [-0.3, -0.25) is 9.69 Å². The maximum atomic E-state index is 12.5. The molecule has 0 aromatic heterocycles. The molecule has 3 unspecified atom stereocenters. The SMILES string of the molecule is COCCOCCN1CCN(C(=O)CC2CC3CCC2C3)CC1. The van der Waals surface area contributed by atoms with Crippen molar-refractivity contribution in [1.82, 2.24) is 9.80 Å². The normalized spacial score (nSPS) is 31.0. The Morgan fingerprint density at radius 2 is 1.87 bits per heavy atom. The van der Waals surface area contributed by atoms with Gasteiger partial charge in [0.1, 0.15) is 0 Å². The highest BCUT2D eigenvalue weighted by Gasteiger charge is 2.40. The van der Waals surface area contributed by atoms with E-state index in [1.807, 2.05) is 0 Å². The van der Waals surface area contributed by atoms with E-state index in [9.17, 15) is 4.79 Å². The summed E-state index contributed by atoms with van der Waals surface area (Å²) in [5.74, 6) is 2.88. The molecular formula is C18H32N2O3. The molecule has 1 heterocycles. The highest BCUT2D eigenvalue weighted by atomic mass is 16.5. The fourth-order valence-electron chi connectivity index (χ4n) is 4.64. The first-order chi connectivity index (χ1) is 11.3. The van der Waals surface area contributed by atoms with Gasteiger partial charge >= 0.3 is 0 Å². The summed E-state index contributed by atoms with van der Waals surface area (Å²) in [7, 11) is 1.69. The van der Waals surface area contributed by atoms with Gasteiger partial charge in [-0.25, -0.2) is 0 Å². The van der Waals surface area contributed by atoms with E-state index in [1.54, 1.807) is 7.11 Å². The summed E-state index contributed by atoms with van der Waals surface area (Å²) in [6.07, 6.45) is 6.31. The Bertz CT molecular complexity index is 382. The Morgan fingerprint density at radius 1 is 1.04 bits per heavy atom. The van der Waals surface area contributed by atoms with E-state index in [-0.39, 0.29) is 0 Å². The number of ether oxygens (including phenoxy) is 2. The third-order valence-electron chi connectivity index (χ3n) is 6.03. The highest BCUT2D eigenvalue weighted by Crippen LogP contribution is 2.49. The van der Waals surface area contributed by atoms with Crippen LogP contribution < -0.4 is 0 Å². The number of nitrogens with zero attached hydrogens (tertiary/aromatic N) is 2. The van der Waals surface area contributed by atoms with Crippen LogP contribution in [0.4, 0.5) is 0 Å². The molecule has 2 aliphatic carbocycles. The van der Waals surface area contributed by atoms with Crippen LogP contribution in [0.5, 0.6) is 0 Å². The van der Waals surface area contributed by atoms with Crippen LogP contribution in [0, 0.1) is 17.8 Å². The molecule has 3 fully saturated rings. The minimum atomic E-state index is 0.401. The van der Waals surface area contributed by atoms with Crippen molar-refractivity contribution in [3.05, 3.63) is 0 Å². The second-order valence-electron chi connectivity index (χ2n) is 7.47. The molecule has 0 aromatic rings. The van der Waals surface area contributed by atoms with Gasteiger partial charge in [-0.1, -0.05) is 6.42 Å². The van der Waals surface area contributed by atoms with Gasteiger partial charge < -0.3 is 14.4 Å². The second kappa shape index (κ2) is 8.45. The number of fused-ring (bicyclic) bond motifs is 2. The molecule has 1 aliphatic heterocycles. The third-order valence-corrected chi connectivity index (χ3v) is 6.03. The predicted octanol–water partition coefficient (Wildman–Crippen LogP) is 1.62. The van der Waals surface area contributed by atoms with E-state index in [4.69, 9.17) is 9.47 Å². The van der Waals surface area contributed by atoms with Crippen LogP contribution in [0.15, 0.2) is 0 Å². The van der Waals surface area contributed by atoms with Gasteiger partial charge in [-0.05, 0) is 37.0 Å². The van der Waals surface area contributed by atoms with Gasteiger partial charge in [0.25, 0.3) is 0 Å². The van der Waals surface area contributed by atoms with Gasteiger partial charge in [-0.15, -0.1) is 0 Å². The Morgan fingerprint density at radius 3 is 2.52 bits per heavy atom. The van der Waals surface area contributed by atoms with Crippen molar-refractivity contribution in [2.24, 2.45) is 17.8 Å². The number of carbonyl (C=O) groups excluding carboxylic acids is 1. The first-order valence-electron chi connectivity index (χ1n) is 9.33. The summed E-state index contributed by atoms with van der Waals surface area (Å²) < 4.78 is 10.5. The molecule has 1 saturated heterocycles. The summed E-state index contributed by atoms with van der Waals surface area (Å²) in [4.78, 5) is 17.0. The van der Waals surface area contributed by atoms with Gasteiger partial charge in [0.15, 0.2) is 0 Å². The molecule has 0 N–H and O–H groups in total. The van der Waals surface area contributed by atoms with Crippen LogP contribution in [0.2, 0.25) is 0 Å². The van der Waals surface area contributed by atoms with Crippen molar-refractivity contribution >= 4 is 5.91 Å². The quantitative estimate of drug-likeness (QED) is 0.636. The fourth-order valence-corrected chi connectivity index (χ4v) is 4.64. The largest absolute Gasteiger partial charge is 0.382 e. The van der Waals surface area contributed by atoms with Crippen molar-refractivity contribution in [2.45, 2.75) is 32.1 Å². The number of methoxy groups -OCH3 is 1. The molecule has 3 atom stereocenters. The maximum absolute atomic E-state index is 12.5. The van der Waals surface area contributed by atoms with Crippen molar-refractivity contribution in [2.75, 3.05) is 59.7 Å². The lowest BCUT2D eigenvalue weighted by atomic mass is 9.86. The van der Waals surface area contributed by atoms with Crippen molar-refractivity contribution in [3.63, 3.8) is 0 Å². The zero-order chi connectivity index (χ0) is 16.1. The Hall–Kier alpha value is -0.650. The van der Waals surface area contributed by atoms with E-state index >= 15 is 0 Å². The number of rotatable bonds is 8. The van der Waals surface area contributed by atoms with Crippen LogP contribution in [-0.2, 0) is 14.3 Å². The molecule has 2 bridgehead atoms. The van der Waals surface area contributed by atoms with Crippen molar-refractivity contribution in [3.8, 4) is 0 Å². The standard InChI is InChI=1S/C18H32N2O3/c1-22-10-11-23-9-8-19-4-6-20(7-5-19)18(21)14-17-13-15-2-3-16(17)12-15/h15-17H,2-14H2,1H3. The maximum Gasteiger partial charge on any atom is 0.222 e. The monoisotopic (exact) mass is 324 g/mol. The van der Waals surface area contributed by atoms with Gasteiger partial charge in [0.2, 0.25) is 5.91 Å². The van der Waals surface area contributed by atoms with E-state index in [1.165, 1.54) is 25.7 Å². The van der Waals surface area contributed by atoms with Crippen molar-refractivity contribution < 1.29 is 14.3 Å². The summed E-state index contributed by atoms with van der Waals surface area (Å²) in [5.41, 5.74) is 0. The first-order valence-corrected chi connectivity index (χ1v) is 9.33. The molecule has 2 saturated carbocycles. The molecule has 0 spiro atoms. The second-order valence-corrected chi connectivity index (χ2v) is 7.47. The van der Waals surface area contributed by atoms with Crippen LogP contribution in [0.3, 0.4) is 0 Å². The fraction of sp³-hybridized carbons (Fsp3) is 0.944. The molecule has 0 aromatic carbocycles. The lowest BCUT2D eigenvalue weighted by Gasteiger charge is -2.35. The topological polar surface area (TPSA) is 42.0 Å². The lowest BCUT2D eigenvalue weighted by Crippen LogP contribution is -2.49. The van der Waals surface area contributed by atoms with E-state index < -0.39 is 0 Å². The first kappa shape index (κ1) is 17.2. The summed E-state index contributed by atoms with van der Waals surface area (Å²) >= 11 is 0. The minimum Gasteiger partial charge on any atom is -0.382 e. The molecule has 5 nitrogen and oxygen atoms in total. The minimum absolute atomic E-state index is 0.401. The zero-order valence-electron chi connectivity index (χ0n) is 14.5. The number of hydrogen-bond donors (Lipinski definition) is 0. The summed E-state index contributed by atoms with van der Waals surface area (Å²) in [6.45, 7) is 6.77. The predicted molar refractivity (Wildman–Crippen MR) is 89.3 cm³/mol. The van der Waals surface area contributed by atoms with Crippen molar-refractivity contribution in [1.29, 1.82) is 0 Å².